The summed E-state index contributed by atoms with van der Waals surface area (Å²) in [7, 11) is 0. The zero-order valence-electron chi connectivity index (χ0n) is 16.3. The van der Waals surface area contributed by atoms with Crippen molar-refractivity contribution in [2.24, 2.45) is 5.92 Å². The van der Waals surface area contributed by atoms with Gasteiger partial charge in [0.25, 0.3) is 0 Å². The molecule has 1 saturated carbocycles. The Bertz CT molecular complexity index is 836. The van der Waals surface area contributed by atoms with Gasteiger partial charge in [-0.2, -0.15) is 0 Å². The average Bonchev–Trinajstić information content (AvgIpc) is 3.55. The fraction of sp³-hybridized carbons (Fsp3) is 0.500. The van der Waals surface area contributed by atoms with Crippen molar-refractivity contribution in [3.8, 4) is 0 Å². The number of hydrogen-bond donors (Lipinski definition) is 0. The number of halogens is 3. The molecule has 0 spiro atoms. The molecule has 0 aromatic heterocycles. The van der Waals surface area contributed by atoms with Gasteiger partial charge in [0.05, 0.1) is 6.61 Å². The van der Waals surface area contributed by atoms with Crippen LogP contribution in [0, 0.1) is 23.4 Å². The molecule has 0 amide bonds. The zero-order valence-corrected chi connectivity index (χ0v) is 16.3. The van der Waals surface area contributed by atoms with Gasteiger partial charge in [-0.3, -0.25) is 0 Å². The fourth-order valence-corrected chi connectivity index (χ4v) is 4.53. The summed E-state index contributed by atoms with van der Waals surface area (Å²) in [6.45, 7) is 2.45. The maximum atomic E-state index is 14.3. The summed E-state index contributed by atoms with van der Waals surface area (Å²) < 4.78 is 47.6. The van der Waals surface area contributed by atoms with Gasteiger partial charge in [-0.15, -0.1) is 0 Å². The highest BCUT2D eigenvalue weighted by Gasteiger charge is 2.29. The second-order valence-electron chi connectivity index (χ2n) is 8.22. The lowest BCUT2D eigenvalue weighted by molar-refractivity contribution is 0.308. The molecule has 2 fully saturated rings. The Morgan fingerprint density at radius 3 is 2.25 bits per heavy atom. The number of ether oxygens (including phenoxy) is 1. The Kier molecular flexibility index (Phi) is 5.77. The molecule has 2 aliphatic rings. The van der Waals surface area contributed by atoms with E-state index in [-0.39, 0.29) is 11.9 Å². The summed E-state index contributed by atoms with van der Waals surface area (Å²) in [5.41, 5.74) is 2.66. The summed E-state index contributed by atoms with van der Waals surface area (Å²) in [5, 5.41) is 0. The lowest BCUT2D eigenvalue weighted by Gasteiger charge is -2.29. The molecule has 4 heteroatoms. The van der Waals surface area contributed by atoms with Gasteiger partial charge in [0.1, 0.15) is 11.9 Å². The smallest absolute Gasteiger partial charge is 0.162 e. The third kappa shape index (κ3) is 4.12. The molecule has 0 bridgehead atoms. The maximum absolute atomic E-state index is 14.3. The van der Waals surface area contributed by atoms with Crippen molar-refractivity contribution in [1.29, 1.82) is 0 Å². The van der Waals surface area contributed by atoms with E-state index in [2.05, 4.69) is 0 Å². The average molecular weight is 388 g/mol. The Hall–Kier alpha value is -1.81. The number of aryl methyl sites for hydroxylation is 2. The molecular weight excluding hydrogens is 361 g/mol. The molecule has 1 aliphatic carbocycles. The SMILES string of the molecule is CCc1ccc(CCC2CCC(c3ccc(C4CO4)c(F)c3)CC2)c(F)c1F. The predicted octanol–water partition coefficient (Wildman–Crippen LogP) is 6.64. The first kappa shape index (κ1) is 19.5. The second-order valence-corrected chi connectivity index (χ2v) is 8.22. The Labute approximate surface area is 164 Å². The molecule has 4 rings (SSSR count). The van der Waals surface area contributed by atoms with Crippen molar-refractivity contribution < 1.29 is 17.9 Å². The fourth-order valence-electron chi connectivity index (χ4n) is 4.53. The minimum absolute atomic E-state index is 0.0542. The molecule has 28 heavy (non-hydrogen) atoms. The van der Waals surface area contributed by atoms with Gasteiger partial charge in [-0.05, 0) is 79.5 Å². The van der Waals surface area contributed by atoms with Gasteiger partial charge in [0.2, 0.25) is 0 Å². The molecule has 1 aliphatic heterocycles. The number of rotatable bonds is 6. The quantitative estimate of drug-likeness (QED) is 0.505. The second kappa shape index (κ2) is 8.28. The molecule has 1 atom stereocenters. The molecule has 0 N–H and O–H groups in total. The summed E-state index contributed by atoms with van der Waals surface area (Å²) >= 11 is 0. The standard InChI is InChI=1S/C24H27F3O/c1-2-16-9-10-18(24(27)23(16)26)8-5-15-3-6-17(7-4-15)19-11-12-20(21(25)13-19)22-14-28-22/h9-13,15,17,22H,2-8,14H2,1H3. The van der Waals surface area contributed by atoms with Crippen LogP contribution in [0.3, 0.4) is 0 Å². The lowest BCUT2D eigenvalue weighted by Crippen LogP contribution is -2.15. The van der Waals surface area contributed by atoms with Gasteiger partial charge >= 0.3 is 0 Å². The van der Waals surface area contributed by atoms with Crippen LogP contribution >= 0.6 is 0 Å². The van der Waals surface area contributed by atoms with Crippen molar-refractivity contribution >= 4 is 0 Å². The van der Waals surface area contributed by atoms with E-state index in [1.165, 1.54) is 0 Å². The minimum Gasteiger partial charge on any atom is -0.368 e. The molecule has 1 nitrogen and oxygen atoms in total. The van der Waals surface area contributed by atoms with Crippen molar-refractivity contribution in [2.45, 2.75) is 63.9 Å². The minimum atomic E-state index is -0.689. The predicted molar refractivity (Wildman–Crippen MR) is 104 cm³/mol. The maximum Gasteiger partial charge on any atom is 0.162 e. The molecule has 2 aromatic carbocycles. The van der Waals surface area contributed by atoms with Crippen molar-refractivity contribution in [2.75, 3.05) is 6.61 Å². The van der Waals surface area contributed by atoms with Crippen molar-refractivity contribution in [3.63, 3.8) is 0 Å². The largest absolute Gasteiger partial charge is 0.368 e. The molecule has 0 radical (unpaired) electrons. The highest BCUT2D eigenvalue weighted by Crippen LogP contribution is 2.39. The van der Waals surface area contributed by atoms with Crippen LogP contribution in [0.15, 0.2) is 30.3 Å². The van der Waals surface area contributed by atoms with Crippen LogP contribution < -0.4 is 0 Å². The van der Waals surface area contributed by atoms with Crippen LogP contribution in [0.4, 0.5) is 13.2 Å². The van der Waals surface area contributed by atoms with E-state index in [1.54, 1.807) is 18.2 Å². The molecule has 1 unspecified atom stereocenters. The molecule has 2 aromatic rings. The summed E-state index contributed by atoms with van der Waals surface area (Å²) in [4.78, 5) is 0. The summed E-state index contributed by atoms with van der Waals surface area (Å²) in [5.74, 6) is -0.615. The number of hydrogen-bond acceptors (Lipinski definition) is 1. The first-order valence-electron chi connectivity index (χ1n) is 10.4. The summed E-state index contributed by atoms with van der Waals surface area (Å²) in [6.07, 6.45) is 6.05. The first-order valence-corrected chi connectivity index (χ1v) is 10.4. The monoisotopic (exact) mass is 388 g/mol. The molecule has 1 heterocycles. The Balaban J connectivity index is 1.31. The highest BCUT2D eigenvalue weighted by molar-refractivity contribution is 5.30. The van der Waals surface area contributed by atoms with Crippen LogP contribution in [-0.4, -0.2) is 6.61 Å². The lowest BCUT2D eigenvalue weighted by atomic mass is 9.76. The van der Waals surface area contributed by atoms with Crippen molar-refractivity contribution in [3.05, 3.63) is 70.0 Å². The van der Waals surface area contributed by atoms with E-state index < -0.39 is 11.6 Å². The first-order chi connectivity index (χ1) is 13.6. The van der Waals surface area contributed by atoms with Crippen molar-refractivity contribution in [1.82, 2.24) is 0 Å². The normalized spacial score (nSPS) is 24.4. The van der Waals surface area contributed by atoms with Gasteiger partial charge in [-0.1, -0.05) is 31.2 Å². The van der Waals surface area contributed by atoms with Crippen LogP contribution in [0.2, 0.25) is 0 Å². The van der Waals surface area contributed by atoms with Crippen LogP contribution in [0.5, 0.6) is 0 Å². The molecular formula is C24H27F3O. The summed E-state index contributed by atoms with van der Waals surface area (Å²) in [6, 6.07) is 9.02. The van der Waals surface area contributed by atoms with Gasteiger partial charge < -0.3 is 4.74 Å². The van der Waals surface area contributed by atoms with Crippen LogP contribution in [0.1, 0.15) is 73.3 Å². The van der Waals surface area contributed by atoms with E-state index in [0.717, 1.165) is 37.7 Å². The van der Waals surface area contributed by atoms with Gasteiger partial charge in [0.15, 0.2) is 11.6 Å². The molecule has 1 saturated heterocycles. The van der Waals surface area contributed by atoms with Gasteiger partial charge in [0, 0.05) is 5.56 Å². The third-order valence-corrected chi connectivity index (χ3v) is 6.47. The van der Waals surface area contributed by atoms with E-state index >= 15 is 0 Å². The Morgan fingerprint density at radius 1 is 0.929 bits per heavy atom. The Morgan fingerprint density at radius 2 is 1.61 bits per heavy atom. The van der Waals surface area contributed by atoms with E-state index in [4.69, 9.17) is 4.74 Å². The van der Waals surface area contributed by atoms with E-state index in [1.807, 2.05) is 19.1 Å². The van der Waals surface area contributed by atoms with E-state index in [9.17, 15) is 13.2 Å². The zero-order chi connectivity index (χ0) is 19.7. The number of benzene rings is 2. The van der Waals surface area contributed by atoms with Crippen LogP contribution in [-0.2, 0) is 17.6 Å². The van der Waals surface area contributed by atoms with Gasteiger partial charge in [-0.25, -0.2) is 13.2 Å². The topological polar surface area (TPSA) is 12.5 Å². The number of epoxide rings is 1. The third-order valence-electron chi connectivity index (χ3n) is 6.47. The van der Waals surface area contributed by atoms with Crippen LogP contribution in [0.25, 0.3) is 0 Å². The highest BCUT2D eigenvalue weighted by atomic mass is 19.2. The molecule has 150 valence electrons. The van der Waals surface area contributed by atoms with E-state index in [0.29, 0.717) is 48.0 Å².